The monoisotopic (exact) mass is 202 g/mol. The van der Waals surface area contributed by atoms with Crippen molar-refractivity contribution in [3.05, 3.63) is 10.4 Å². The van der Waals surface area contributed by atoms with E-state index < -0.39 is 16.1 Å². The van der Waals surface area contributed by atoms with Crippen molar-refractivity contribution in [3.63, 3.8) is 0 Å². The van der Waals surface area contributed by atoms with Crippen LogP contribution in [0.1, 0.15) is 0 Å². The number of hydrogen-bond acceptors (Lipinski definition) is 5. The van der Waals surface area contributed by atoms with E-state index in [0.717, 1.165) is 0 Å². The minimum absolute atomic E-state index is 0.147. The van der Waals surface area contributed by atoms with Crippen molar-refractivity contribution < 1.29 is 17.8 Å². The van der Waals surface area contributed by atoms with Crippen molar-refractivity contribution in [3.8, 4) is 0 Å². The van der Waals surface area contributed by atoms with Crippen LogP contribution in [0.15, 0.2) is 5.22 Å². The first-order valence-corrected chi connectivity index (χ1v) is 3.97. The molecule has 8 nitrogen and oxygen atoms in total. The molecule has 0 aliphatic carbocycles. The predicted octanol–water partition coefficient (Wildman–Crippen LogP) is -0.121. The summed E-state index contributed by atoms with van der Waals surface area (Å²) in [5.74, 6) is -1.25. The van der Waals surface area contributed by atoms with Crippen LogP contribution in [-0.4, -0.2) is 24.2 Å². The number of rotatable bonds is 4. The predicted molar refractivity (Wildman–Crippen MR) is 33.9 cm³/mol. The molecule has 0 unspecified atom stereocenters. The Morgan fingerprint density at radius 3 is 2.73 bits per heavy atom. The second kappa shape index (κ2) is 4.21. The van der Waals surface area contributed by atoms with Gasteiger partial charge in [-0.1, -0.05) is 0 Å². The standard InChI is InChI=1S/CH3ClN4O4S/c2-6(5-4-3)10-11(8,9)1-7/h7H,1H2. The smallest absolute Gasteiger partial charge is 0.330 e. The van der Waals surface area contributed by atoms with Crippen molar-refractivity contribution in [1.82, 2.24) is 4.69 Å². The summed E-state index contributed by atoms with van der Waals surface area (Å²) < 4.78 is 24.2. The third-order valence-corrected chi connectivity index (χ3v) is 1.35. The number of aliphatic hydroxyl groups is 1. The van der Waals surface area contributed by atoms with Crippen molar-refractivity contribution in [2.24, 2.45) is 5.22 Å². The second-order valence-corrected chi connectivity index (χ2v) is 2.98. The van der Waals surface area contributed by atoms with Gasteiger partial charge in [-0.05, 0) is 4.28 Å². The fraction of sp³-hybridized carbons (Fsp3) is 1.00. The molecule has 11 heavy (non-hydrogen) atoms. The maximum absolute atomic E-state index is 10.3. The normalized spacial score (nSPS) is 10.4. The van der Waals surface area contributed by atoms with E-state index in [4.69, 9.17) is 22.4 Å². The molecule has 0 aliphatic heterocycles. The Hall–Kier alpha value is -0.730. The number of azide groups is 1. The van der Waals surface area contributed by atoms with E-state index in [9.17, 15) is 8.42 Å². The van der Waals surface area contributed by atoms with Gasteiger partial charge in [0.1, 0.15) is 0 Å². The lowest BCUT2D eigenvalue weighted by Gasteiger charge is -1.98. The van der Waals surface area contributed by atoms with E-state index >= 15 is 0 Å². The van der Waals surface area contributed by atoms with Gasteiger partial charge in [-0.3, -0.25) is 0 Å². The second-order valence-electron chi connectivity index (χ2n) is 1.17. The van der Waals surface area contributed by atoms with E-state index in [0.29, 0.717) is 0 Å². The molecule has 0 spiro atoms. The summed E-state index contributed by atoms with van der Waals surface area (Å²) in [6, 6.07) is 0. The highest BCUT2D eigenvalue weighted by molar-refractivity contribution is 7.86. The summed E-state index contributed by atoms with van der Waals surface area (Å²) in [7, 11) is -4.16. The van der Waals surface area contributed by atoms with Crippen LogP contribution in [0, 0.1) is 0 Å². The fourth-order valence-electron chi connectivity index (χ4n) is 0.164. The van der Waals surface area contributed by atoms with Gasteiger partial charge in [0.25, 0.3) is 0 Å². The maximum atomic E-state index is 10.3. The molecule has 0 aromatic rings. The molecule has 0 radical (unpaired) electrons. The molecule has 0 saturated carbocycles. The fourth-order valence-corrected chi connectivity index (χ4v) is 0.716. The van der Waals surface area contributed by atoms with Gasteiger partial charge in [0.15, 0.2) is 17.7 Å². The summed E-state index contributed by atoms with van der Waals surface area (Å²) in [5, 5.41) is 10.6. The largest absolute Gasteiger partial charge is 0.378 e. The van der Waals surface area contributed by atoms with Crippen LogP contribution >= 0.6 is 11.8 Å². The highest BCUT2D eigenvalue weighted by atomic mass is 35.5. The molecule has 0 aromatic carbocycles. The minimum Gasteiger partial charge on any atom is -0.378 e. The zero-order valence-electron chi connectivity index (χ0n) is 4.95. The van der Waals surface area contributed by atoms with Gasteiger partial charge in [0, 0.05) is 9.91 Å². The summed E-state index contributed by atoms with van der Waals surface area (Å²) in [6.07, 6.45) is 0. The van der Waals surface area contributed by atoms with Gasteiger partial charge in [-0.15, -0.1) is 5.53 Å². The molecule has 0 amide bonds. The first-order valence-electron chi connectivity index (χ1n) is 2.06. The van der Waals surface area contributed by atoms with Crippen LogP contribution in [0.4, 0.5) is 0 Å². The summed E-state index contributed by atoms with van der Waals surface area (Å²) in [5.41, 5.74) is 7.70. The summed E-state index contributed by atoms with van der Waals surface area (Å²) in [4.78, 5) is 2.10. The lowest BCUT2D eigenvalue weighted by Crippen LogP contribution is -2.16. The Bertz CT molecular complexity index is 255. The van der Waals surface area contributed by atoms with Crippen LogP contribution in [-0.2, 0) is 14.4 Å². The molecular weight excluding hydrogens is 200 g/mol. The Kier molecular flexibility index (Phi) is 3.93. The van der Waals surface area contributed by atoms with Crippen molar-refractivity contribution in [2.75, 3.05) is 5.94 Å². The average molecular weight is 203 g/mol. The Morgan fingerprint density at radius 2 is 2.36 bits per heavy atom. The SMILES string of the molecule is [N-]=[N+]=NN(Cl)OS(=O)(=O)CO. The van der Waals surface area contributed by atoms with Crippen LogP contribution in [0.3, 0.4) is 0 Å². The number of halogens is 1. The maximum Gasteiger partial charge on any atom is 0.330 e. The molecule has 0 saturated heterocycles. The van der Waals surface area contributed by atoms with E-state index in [1.54, 1.807) is 0 Å². The number of nitrogens with zero attached hydrogens (tertiary/aromatic N) is 4. The summed E-state index contributed by atoms with van der Waals surface area (Å²) >= 11 is 4.84. The molecule has 1 N–H and O–H groups in total. The third-order valence-electron chi connectivity index (χ3n) is 0.444. The molecule has 0 rings (SSSR count). The molecular formula is CH3ClN4O4S. The highest BCUT2D eigenvalue weighted by Gasteiger charge is 2.16. The molecule has 0 aromatic heterocycles. The molecule has 0 bridgehead atoms. The van der Waals surface area contributed by atoms with Crippen molar-refractivity contribution in [2.45, 2.75) is 0 Å². The molecule has 64 valence electrons. The first-order chi connectivity index (χ1) is 5.02. The van der Waals surface area contributed by atoms with Gasteiger partial charge < -0.3 is 5.11 Å². The Labute approximate surface area is 66.7 Å². The van der Waals surface area contributed by atoms with E-state index in [2.05, 4.69) is 14.4 Å². The highest BCUT2D eigenvalue weighted by Crippen LogP contribution is 2.02. The van der Waals surface area contributed by atoms with Crippen molar-refractivity contribution >= 4 is 21.9 Å². The Morgan fingerprint density at radius 1 is 1.82 bits per heavy atom. The third kappa shape index (κ3) is 4.65. The van der Waals surface area contributed by atoms with E-state index in [1.165, 1.54) is 0 Å². The minimum atomic E-state index is -4.16. The van der Waals surface area contributed by atoms with Gasteiger partial charge in [0.2, 0.25) is 0 Å². The molecule has 0 heterocycles. The van der Waals surface area contributed by atoms with Crippen LogP contribution in [0.25, 0.3) is 10.4 Å². The molecule has 0 aliphatic rings. The van der Waals surface area contributed by atoms with E-state index in [-0.39, 0.29) is 4.69 Å². The lowest BCUT2D eigenvalue weighted by molar-refractivity contribution is 0.0442. The Balaban J connectivity index is 4.15. The zero-order valence-corrected chi connectivity index (χ0v) is 6.53. The summed E-state index contributed by atoms with van der Waals surface area (Å²) in [6.45, 7) is 0. The van der Waals surface area contributed by atoms with Crippen LogP contribution in [0.2, 0.25) is 0 Å². The van der Waals surface area contributed by atoms with Gasteiger partial charge >= 0.3 is 10.1 Å². The zero-order chi connectivity index (χ0) is 8.91. The van der Waals surface area contributed by atoms with Gasteiger partial charge in [-0.2, -0.15) is 13.3 Å². The first kappa shape index (κ1) is 10.3. The topological polar surface area (TPSA) is 116 Å². The number of aliphatic hydroxyl groups excluding tert-OH is 1. The quantitative estimate of drug-likeness (QED) is 0.224. The lowest BCUT2D eigenvalue weighted by atomic mass is 11.7. The van der Waals surface area contributed by atoms with Crippen LogP contribution in [0.5, 0.6) is 0 Å². The molecule has 0 fully saturated rings. The molecule has 10 heteroatoms. The van der Waals surface area contributed by atoms with Crippen molar-refractivity contribution in [1.29, 1.82) is 0 Å². The van der Waals surface area contributed by atoms with E-state index in [1.807, 2.05) is 0 Å². The average Bonchev–Trinajstić information content (AvgIpc) is 1.87. The van der Waals surface area contributed by atoms with Gasteiger partial charge in [0.05, 0.1) is 0 Å². The molecule has 0 atom stereocenters. The van der Waals surface area contributed by atoms with Crippen LogP contribution < -0.4 is 0 Å². The number of hydrogen-bond donors (Lipinski definition) is 1. The van der Waals surface area contributed by atoms with Gasteiger partial charge in [-0.25, -0.2) is 0 Å².